The highest BCUT2D eigenvalue weighted by Gasteiger charge is 2.20. The minimum Gasteiger partial charge on any atom is -0.495 e. The number of rotatable bonds is 3. The van der Waals surface area contributed by atoms with E-state index in [0.717, 1.165) is 0 Å². The predicted molar refractivity (Wildman–Crippen MR) is 68.8 cm³/mol. The fourth-order valence-corrected chi connectivity index (χ4v) is 2.58. The fraction of sp³-hybridized carbons (Fsp3) is 0.300. The largest absolute Gasteiger partial charge is 0.495 e. The van der Waals surface area contributed by atoms with E-state index in [1.807, 2.05) is 0 Å². The lowest BCUT2D eigenvalue weighted by molar-refractivity contribution is 0.0524. The summed E-state index contributed by atoms with van der Waals surface area (Å²) in [5.41, 5.74) is 6.53. The SMILES string of the molecule is CCOC(=O)c1c(Br)cc(OC)c(N)c1Br. The number of carbonyl (C=O) groups is 1. The standard InChI is InChI=1S/C10H11Br2NO3/c1-3-16-10(14)7-5(11)4-6(15-2)9(13)8(7)12/h4H,3,13H2,1-2H3. The monoisotopic (exact) mass is 351 g/mol. The van der Waals surface area contributed by atoms with Crippen molar-refractivity contribution in [3.8, 4) is 5.75 Å². The van der Waals surface area contributed by atoms with Gasteiger partial charge in [-0.3, -0.25) is 0 Å². The van der Waals surface area contributed by atoms with Crippen LogP contribution in [0, 0.1) is 0 Å². The second kappa shape index (κ2) is 5.54. The minimum atomic E-state index is -0.435. The number of ether oxygens (including phenoxy) is 2. The number of nitrogen functional groups attached to an aromatic ring is 1. The molecule has 88 valence electrons. The van der Waals surface area contributed by atoms with Crippen LogP contribution in [0.4, 0.5) is 5.69 Å². The van der Waals surface area contributed by atoms with Crippen LogP contribution < -0.4 is 10.5 Å². The van der Waals surface area contributed by atoms with E-state index in [-0.39, 0.29) is 0 Å². The van der Waals surface area contributed by atoms with Gasteiger partial charge in [0.15, 0.2) is 0 Å². The maximum absolute atomic E-state index is 11.7. The molecule has 0 bridgehead atoms. The summed E-state index contributed by atoms with van der Waals surface area (Å²) in [5.74, 6) is 0.0578. The molecule has 1 aromatic carbocycles. The maximum atomic E-state index is 11.7. The summed E-state index contributed by atoms with van der Waals surface area (Å²) in [7, 11) is 1.51. The van der Waals surface area contributed by atoms with Crippen molar-refractivity contribution in [2.24, 2.45) is 0 Å². The molecule has 0 saturated carbocycles. The Kier molecular flexibility index (Phi) is 4.61. The van der Waals surface area contributed by atoms with E-state index in [2.05, 4.69) is 31.9 Å². The van der Waals surface area contributed by atoms with Crippen molar-refractivity contribution in [2.75, 3.05) is 19.5 Å². The van der Waals surface area contributed by atoms with Crippen molar-refractivity contribution in [3.05, 3.63) is 20.6 Å². The summed E-state index contributed by atoms with van der Waals surface area (Å²) in [5, 5.41) is 0. The lowest BCUT2D eigenvalue weighted by Crippen LogP contribution is -2.08. The average molecular weight is 353 g/mol. The fourth-order valence-electron chi connectivity index (χ4n) is 1.17. The second-order valence-electron chi connectivity index (χ2n) is 2.88. The highest BCUT2D eigenvalue weighted by molar-refractivity contribution is 9.11. The van der Waals surface area contributed by atoms with Gasteiger partial charge in [-0.2, -0.15) is 0 Å². The Morgan fingerprint density at radius 2 is 2.12 bits per heavy atom. The molecule has 0 aliphatic heterocycles. The quantitative estimate of drug-likeness (QED) is 0.671. The number of hydrogen-bond acceptors (Lipinski definition) is 4. The first-order chi connectivity index (χ1) is 7.52. The van der Waals surface area contributed by atoms with Crippen molar-refractivity contribution >= 4 is 43.5 Å². The highest BCUT2D eigenvalue weighted by Crippen LogP contribution is 2.38. The van der Waals surface area contributed by atoms with Crippen molar-refractivity contribution in [1.29, 1.82) is 0 Å². The van der Waals surface area contributed by atoms with Gasteiger partial charge < -0.3 is 15.2 Å². The lowest BCUT2D eigenvalue weighted by atomic mass is 10.2. The van der Waals surface area contributed by atoms with Gasteiger partial charge in [0.05, 0.1) is 29.4 Å². The van der Waals surface area contributed by atoms with E-state index in [9.17, 15) is 4.79 Å². The Morgan fingerprint density at radius 1 is 1.50 bits per heavy atom. The first-order valence-electron chi connectivity index (χ1n) is 4.51. The van der Waals surface area contributed by atoms with E-state index in [4.69, 9.17) is 15.2 Å². The Labute approximate surface area is 110 Å². The third kappa shape index (κ3) is 2.49. The number of benzene rings is 1. The molecule has 0 heterocycles. The number of nitrogens with two attached hydrogens (primary N) is 1. The van der Waals surface area contributed by atoms with E-state index in [1.165, 1.54) is 7.11 Å². The minimum absolute atomic E-state index is 0.309. The van der Waals surface area contributed by atoms with Crippen LogP contribution in [0.25, 0.3) is 0 Å². The molecule has 1 aromatic rings. The number of methoxy groups -OCH3 is 1. The highest BCUT2D eigenvalue weighted by atomic mass is 79.9. The molecule has 0 amide bonds. The summed E-state index contributed by atoms with van der Waals surface area (Å²) in [4.78, 5) is 11.7. The lowest BCUT2D eigenvalue weighted by Gasteiger charge is -2.12. The topological polar surface area (TPSA) is 61.5 Å². The zero-order chi connectivity index (χ0) is 12.3. The first kappa shape index (κ1) is 13.3. The molecule has 0 fully saturated rings. The van der Waals surface area contributed by atoms with E-state index in [1.54, 1.807) is 13.0 Å². The summed E-state index contributed by atoms with van der Waals surface area (Å²) in [6.45, 7) is 2.05. The zero-order valence-electron chi connectivity index (χ0n) is 8.84. The van der Waals surface area contributed by atoms with Crippen LogP contribution in [-0.4, -0.2) is 19.7 Å². The average Bonchev–Trinajstić information content (AvgIpc) is 2.24. The molecule has 16 heavy (non-hydrogen) atoms. The van der Waals surface area contributed by atoms with Gasteiger partial charge in [-0.15, -0.1) is 0 Å². The summed E-state index contributed by atoms with van der Waals surface area (Å²) >= 11 is 6.53. The van der Waals surface area contributed by atoms with Crippen molar-refractivity contribution < 1.29 is 14.3 Å². The zero-order valence-corrected chi connectivity index (χ0v) is 12.0. The van der Waals surface area contributed by atoms with Gasteiger partial charge in [-0.1, -0.05) is 0 Å². The third-order valence-electron chi connectivity index (χ3n) is 1.92. The number of anilines is 1. The number of hydrogen-bond donors (Lipinski definition) is 1. The molecule has 0 radical (unpaired) electrons. The Morgan fingerprint density at radius 3 is 2.62 bits per heavy atom. The molecule has 0 spiro atoms. The Balaban J connectivity index is 3.30. The molecule has 0 saturated heterocycles. The van der Waals surface area contributed by atoms with Gasteiger partial charge in [0, 0.05) is 4.47 Å². The summed E-state index contributed by atoms with van der Waals surface area (Å²) < 4.78 is 11.0. The van der Waals surface area contributed by atoms with Crippen LogP contribution in [0.5, 0.6) is 5.75 Å². The molecule has 0 atom stereocenters. The van der Waals surface area contributed by atoms with Crippen molar-refractivity contribution in [1.82, 2.24) is 0 Å². The van der Waals surface area contributed by atoms with Crippen LogP contribution in [0.1, 0.15) is 17.3 Å². The number of esters is 1. The molecule has 0 aromatic heterocycles. The van der Waals surface area contributed by atoms with Crippen LogP contribution >= 0.6 is 31.9 Å². The van der Waals surface area contributed by atoms with Gasteiger partial charge in [-0.25, -0.2) is 4.79 Å². The van der Waals surface area contributed by atoms with Crippen molar-refractivity contribution in [2.45, 2.75) is 6.92 Å². The molecule has 4 nitrogen and oxygen atoms in total. The third-order valence-corrected chi connectivity index (χ3v) is 3.37. The first-order valence-corrected chi connectivity index (χ1v) is 6.10. The van der Waals surface area contributed by atoms with Gasteiger partial charge in [-0.05, 0) is 44.8 Å². The van der Waals surface area contributed by atoms with Gasteiger partial charge in [0.25, 0.3) is 0 Å². The number of halogens is 2. The van der Waals surface area contributed by atoms with E-state index in [0.29, 0.717) is 32.6 Å². The molecular formula is C10H11Br2NO3. The van der Waals surface area contributed by atoms with E-state index < -0.39 is 5.97 Å². The van der Waals surface area contributed by atoms with Crippen LogP contribution in [-0.2, 0) is 4.74 Å². The van der Waals surface area contributed by atoms with Gasteiger partial charge >= 0.3 is 5.97 Å². The van der Waals surface area contributed by atoms with Gasteiger partial charge in [0.2, 0.25) is 0 Å². The molecule has 0 aliphatic carbocycles. The Hall–Kier alpha value is -0.750. The number of carbonyl (C=O) groups excluding carboxylic acids is 1. The molecular weight excluding hydrogens is 342 g/mol. The van der Waals surface area contributed by atoms with Crippen LogP contribution in [0.2, 0.25) is 0 Å². The van der Waals surface area contributed by atoms with E-state index >= 15 is 0 Å². The second-order valence-corrected chi connectivity index (χ2v) is 4.53. The normalized spacial score (nSPS) is 10.0. The maximum Gasteiger partial charge on any atom is 0.340 e. The Bertz CT molecular complexity index is 421. The van der Waals surface area contributed by atoms with Gasteiger partial charge in [0.1, 0.15) is 5.75 Å². The summed E-state index contributed by atoms with van der Waals surface area (Å²) in [6.07, 6.45) is 0. The van der Waals surface area contributed by atoms with Crippen LogP contribution in [0.3, 0.4) is 0 Å². The molecule has 0 unspecified atom stereocenters. The smallest absolute Gasteiger partial charge is 0.340 e. The predicted octanol–water partition coefficient (Wildman–Crippen LogP) is 2.98. The van der Waals surface area contributed by atoms with Crippen molar-refractivity contribution in [3.63, 3.8) is 0 Å². The molecule has 1 rings (SSSR count). The molecule has 6 heteroatoms. The molecule has 2 N–H and O–H groups in total. The molecule has 0 aliphatic rings. The summed E-state index contributed by atoms with van der Waals surface area (Å²) in [6, 6.07) is 1.63. The van der Waals surface area contributed by atoms with Crippen LogP contribution in [0.15, 0.2) is 15.0 Å².